The summed E-state index contributed by atoms with van der Waals surface area (Å²) in [5, 5.41) is 14.3. The summed E-state index contributed by atoms with van der Waals surface area (Å²) >= 11 is 0. The molecule has 0 fully saturated rings. The third-order valence-corrected chi connectivity index (χ3v) is 3.09. The lowest BCUT2D eigenvalue weighted by Crippen LogP contribution is -2.47. The van der Waals surface area contributed by atoms with Gasteiger partial charge >= 0.3 is 12.0 Å². The zero-order chi connectivity index (χ0) is 15.8. The molecule has 1 aromatic rings. The van der Waals surface area contributed by atoms with Gasteiger partial charge in [0.05, 0.1) is 0 Å². The number of benzene rings is 1. The van der Waals surface area contributed by atoms with E-state index in [0.717, 1.165) is 12.0 Å². The van der Waals surface area contributed by atoms with Gasteiger partial charge in [0.2, 0.25) is 0 Å². The summed E-state index contributed by atoms with van der Waals surface area (Å²) in [6, 6.07) is 6.80. The predicted molar refractivity (Wildman–Crippen MR) is 82.3 cm³/mol. The maximum Gasteiger partial charge on any atom is 0.326 e. The Morgan fingerprint density at radius 2 is 2.00 bits per heavy atom. The molecule has 0 aromatic heterocycles. The van der Waals surface area contributed by atoms with E-state index in [2.05, 4.69) is 16.7 Å². The fourth-order valence-corrected chi connectivity index (χ4v) is 2.09. The van der Waals surface area contributed by atoms with Crippen LogP contribution in [0.25, 0.3) is 0 Å². The summed E-state index contributed by atoms with van der Waals surface area (Å²) in [7, 11) is 0. The first kappa shape index (κ1) is 17.0. The number of carbonyl (C=O) groups excluding carboxylic acids is 1. The normalized spacial score (nSPS) is 12.0. The molecule has 0 heterocycles. The highest BCUT2D eigenvalue weighted by Crippen LogP contribution is 2.05. The fraction of sp³-hybridized carbons (Fsp3) is 0.500. The van der Waals surface area contributed by atoms with Crippen molar-refractivity contribution in [3.63, 3.8) is 0 Å². The van der Waals surface area contributed by atoms with Gasteiger partial charge in [-0.3, -0.25) is 0 Å². The van der Waals surface area contributed by atoms with Gasteiger partial charge in [0.1, 0.15) is 6.04 Å². The van der Waals surface area contributed by atoms with Crippen LogP contribution in [0.1, 0.15) is 31.4 Å². The van der Waals surface area contributed by atoms with Crippen LogP contribution in [0.2, 0.25) is 0 Å². The van der Waals surface area contributed by atoms with Gasteiger partial charge in [-0.1, -0.05) is 43.7 Å². The maximum absolute atomic E-state index is 11.7. The Morgan fingerprint density at radius 1 is 1.29 bits per heavy atom. The summed E-state index contributed by atoms with van der Waals surface area (Å²) in [5.41, 5.74) is 2.33. The number of aryl methyl sites for hydroxylation is 1. The van der Waals surface area contributed by atoms with E-state index in [1.54, 1.807) is 0 Å². The standard InChI is InChI=1S/C16H24N2O3/c1-11(2)9-14(15(19)20)18-16(21)17-8-7-13-6-4-5-12(3)10-13/h4-6,10-11,14H,7-9H2,1-3H3,(H,19,20)(H2,17,18,21)/t14-/m1/s1. The average molecular weight is 292 g/mol. The largest absolute Gasteiger partial charge is 0.480 e. The van der Waals surface area contributed by atoms with Crippen molar-refractivity contribution in [1.29, 1.82) is 0 Å². The van der Waals surface area contributed by atoms with E-state index in [1.165, 1.54) is 5.56 Å². The maximum atomic E-state index is 11.7. The van der Waals surface area contributed by atoms with E-state index < -0.39 is 18.0 Å². The van der Waals surface area contributed by atoms with Crippen molar-refractivity contribution in [3.05, 3.63) is 35.4 Å². The molecule has 0 saturated heterocycles. The van der Waals surface area contributed by atoms with E-state index >= 15 is 0 Å². The van der Waals surface area contributed by atoms with Crippen molar-refractivity contribution >= 4 is 12.0 Å². The van der Waals surface area contributed by atoms with E-state index in [9.17, 15) is 9.59 Å². The van der Waals surface area contributed by atoms with Crippen LogP contribution in [-0.4, -0.2) is 29.7 Å². The van der Waals surface area contributed by atoms with Crippen LogP contribution in [-0.2, 0) is 11.2 Å². The molecule has 1 rings (SSSR count). The van der Waals surface area contributed by atoms with Crippen molar-refractivity contribution in [1.82, 2.24) is 10.6 Å². The minimum Gasteiger partial charge on any atom is -0.480 e. The third kappa shape index (κ3) is 6.79. The minimum atomic E-state index is -1.00. The number of hydrogen-bond donors (Lipinski definition) is 3. The molecule has 1 atom stereocenters. The van der Waals surface area contributed by atoms with Crippen LogP contribution in [0.5, 0.6) is 0 Å². The van der Waals surface area contributed by atoms with Crippen LogP contribution in [0.15, 0.2) is 24.3 Å². The molecule has 116 valence electrons. The van der Waals surface area contributed by atoms with Gasteiger partial charge in [0.15, 0.2) is 0 Å². The van der Waals surface area contributed by atoms with E-state index in [0.29, 0.717) is 13.0 Å². The van der Waals surface area contributed by atoms with Crippen LogP contribution in [0, 0.1) is 12.8 Å². The number of nitrogens with one attached hydrogen (secondary N) is 2. The second-order valence-electron chi connectivity index (χ2n) is 5.66. The lowest BCUT2D eigenvalue weighted by Gasteiger charge is -2.17. The van der Waals surface area contributed by atoms with Gasteiger partial charge in [-0.05, 0) is 31.2 Å². The number of aliphatic carboxylic acids is 1. The molecule has 0 bridgehead atoms. The van der Waals surface area contributed by atoms with E-state index in [1.807, 2.05) is 39.0 Å². The molecule has 5 nitrogen and oxygen atoms in total. The van der Waals surface area contributed by atoms with Crippen molar-refractivity contribution in [2.45, 2.75) is 39.7 Å². The molecule has 0 unspecified atom stereocenters. The Bertz CT molecular complexity index is 486. The number of amides is 2. The van der Waals surface area contributed by atoms with Crippen LogP contribution in [0.3, 0.4) is 0 Å². The van der Waals surface area contributed by atoms with Gasteiger partial charge in [-0.15, -0.1) is 0 Å². The molecule has 0 aliphatic heterocycles. The average Bonchev–Trinajstić information content (AvgIpc) is 2.37. The molecule has 2 amide bonds. The summed E-state index contributed by atoms with van der Waals surface area (Å²) in [6.45, 7) is 6.34. The number of carbonyl (C=O) groups is 2. The number of rotatable bonds is 7. The second kappa shape index (κ2) is 8.29. The van der Waals surface area contributed by atoms with E-state index in [4.69, 9.17) is 5.11 Å². The first-order chi connectivity index (χ1) is 9.88. The molecule has 3 N–H and O–H groups in total. The zero-order valence-corrected chi connectivity index (χ0v) is 12.8. The number of hydrogen-bond acceptors (Lipinski definition) is 2. The minimum absolute atomic E-state index is 0.207. The molecule has 0 aliphatic rings. The molecule has 0 spiro atoms. The Morgan fingerprint density at radius 3 is 2.57 bits per heavy atom. The highest BCUT2D eigenvalue weighted by atomic mass is 16.4. The molecule has 21 heavy (non-hydrogen) atoms. The van der Waals surface area contributed by atoms with Crippen molar-refractivity contribution in [2.24, 2.45) is 5.92 Å². The Hall–Kier alpha value is -2.04. The quantitative estimate of drug-likeness (QED) is 0.721. The van der Waals surface area contributed by atoms with Gasteiger partial charge in [0.25, 0.3) is 0 Å². The van der Waals surface area contributed by atoms with Crippen molar-refractivity contribution in [3.8, 4) is 0 Å². The lowest BCUT2D eigenvalue weighted by atomic mass is 10.0. The Kier molecular flexibility index (Phi) is 6.72. The topological polar surface area (TPSA) is 78.4 Å². The number of carboxylic acid groups (broad SMARTS) is 1. The monoisotopic (exact) mass is 292 g/mol. The second-order valence-corrected chi connectivity index (χ2v) is 5.66. The van der Waals surface area contributed by atoms with Crippen molar-refractivity contribution < 1.29 is 14.7 Å². The smallest absolute Gasteiger partial charge is 0.326 e. The van der Waals surface area contributed by atoms with Crippen molar-refractivity contribution in [2.75, 3.05) is 6.54 Å². The molecule has 5 heteroatoms. The van der Waals surface area contributed by atoms with Gasteiger partial charge in [-0.2, -0.15) is 0 Å². The van der Waals surface area contributed by atoms with E-state index in [-0.39, 0.29) is 5.92 Å². The highest BCUT2D eigenvalue weighted by molar-refractivity contribution is 5.82. The van der Waals surface area contributed by atoms with Gasteiger partial charge in [-0.25, -0.2) is 9.59 Å². The highest BCUT2D eigenvalue weighted by Gasteiger charge is 2.20. The molecule has 0 aliphatic carbocycles. The third-order valence-electron chi connectivity index (χ3n) is 3.09. The number of urea groups is 1. The molecule has 1 aromatic carbocycles. The predicted octanol–water partition coefficient (Wildman–Crippen LogP) is 2.34. The Balaban J connectivity index is 2.37. The zero-order valence-electron chi connectivity index (χ0n) is 12.8. The molecule has 0 saturated carbocycles. The van der Waals surface area contributed by atoms with Gasteiger partial charge < -0.3 is 15.7 Å². The van der Waals surface area contributed by atoms with Crippen LogP contribution >= 0.6 is 0 Å². The fourth-order valence-electron chi connectivity index (χ4n) is 2.09. The lowest BCUT2D eigenvalue weighted by molar-refractivity contribution is -0.139. The van der Waals surface area contributed by atoms with Crippen LogP contribution < -0.4 is 10.6 Å². The van der Waals surface area contributed by atoms with Gasteiger partial charge in [0, 0.05) is 6.54 Å². The van der Waals surface area contributed by atoms with Crippen LogP contribution in [0.4, 0.5) is 4.79 Å². The first-order valence-electron chi connectivity index (χ1n) is 7.21. The molecular formula is C16H24N2O3. The summed E-state index contributed by atoms with van der Waals surface area (Å²) in [4.78, 5) is 22.8. The first-order valence-corrected chi connectivity index (χ1v) is 7.21. The molecule has 0 radical (unpaired) electrons. The number of carboxylic acids is 1. The molecular weight excluding hydrogens is 268 g/mol. The SMILES string of the molecule is Cc1cccc(CCNC(=O)N[C@H](CC(C)C)C(=O)O)c1. The summed E-state index contributed by atoms with van der Waals surface area (Å²) in [6.07, 6.45) is 1.14. The Labute approximate surface area is 125 Å². The summed E-state index contributed by atoms with van der Waals surface area (Å²) < 4.78 is 0. The summed E-state index contributed by atoms with van der Waals surface area (Å²) in [5.74, 6) is -0.795.